The largest absolute Gasteiger partial charge is 0.384 e. The molecule has 1 aromatic rings. The van der Waals surface area contributed by atoms with E-state index in [0.29, 0.717) is 0 Å². The van der Waals surface area contributed by atoms with Crippen molar-refractivity contribution in [3.05, 3.63) is 23.8 Å². The minimum absolute atomic E-state index is 0.804. The highest BCUT2D eigenvalue weighted by molar-refractivity contribution is 7.99. The summed E-state index contributed by atoms with van der Waals surface area (Å²) in [5.74, 6) is 1.81. The first-order valence-electron chi connectivity index (χ1n) is 6.25. The molecule has 1 aromatic carbocycles. The van der Waals surface area contributed by atoms with Crippen molar-refractivity contribution in [1.29, 1.82) is 5.26 Å². The molecule has 17 heavy (non-hydrogen) atoms. The Labute approximate surface area is 107 Å². The number of nitrogens with zero attached hydrogens (tertiary/aromatic N) is 1. The molecule has 0 unspecified atom stereocenters. The van der Waals surface area contributed by atoms with Gasteiger partial charge in [-0.25, -0.2) is 0 Å². The van der Waals surface area contributed by atoms with Crippen molar-refractivity contribution < 1.29 is 0 Å². The Bertz CT molecular complexity index is 419. The molecule has 0 atom stereocenters. The number of thioether (sulfide) groups is 1. The quantitative estimate of drug-likeness (QED) is 0.801. The van der Waals surface area contributed by atoms with Gasteiger partial charge in [0.25, 0.3) is 0 Å². The minimum Gasteiger partial charge on any atom is -0.384 e. The zero-order valence-corrected chi connectivity index (χ0v) is 11.0. The molecule has 1 fully saturated rings. The Morgan fingerprint density at radius 2 is 2.29 bits per heavy atom. The molecule has 0 saturated heterocycles. The molecule has 0 radical (unpaired) electrons. The van der Waals surface area contributed by atoms with Gasteiger partial charge in [-0.2, -0.15) is 5.26 Å². The Balaban J connectivity index is 2.09. The Morgan fingerprint density at radius 1 is 1.47 bits per heavy atom. The summed E-state index contributed by atoms with van der Waals surface area (Å²) in [5.41, 5.74) is 1.80. The van der Waals surface area contributed by atoms with Crippen LogP contribution in [0.1, 0.15) is 31.7 Å². The molecule has 1 aliphatic carbocycles. The van der Waals surface area contributed by atoms with Crippen molar-refractivity contribution in [3.8, 4) is 6.07 Å². The molecule has 0 heterocycles. The molecule has 0 bridgehead atoms. The van der Waals surface area contributed by atoms with Gasteiger partial charge in [-0.1, -0.05) is 19.4 Å². The normalized spacial score (nSPS) is 15.1. The van der Waals surface area contributed by atoms with Crippen molar-refractivity contribution in [2.24, 2.45) is 5.92 Å². The van der Waals surface area contributed by atoms with Crippen LogP contribution in [0.4, 0.5) is 5.69 Å². The predicted octanol–water partition coefficient (Wildman–Crippen LogP) is 3.88. The highest BCUT2D eigenvalue weighted by Gasteiger charge is 2.17. The van der Waals surface area contributed by atoms with Gasteiger partial charge in [0.2, 0.25) is 0 Å². The maximum Gasteiger partial charge on any atom is 0.102 e. The van der Waals surface area contributed by atoms with E-state index in [1.54, 1.807) is 11.8 Å². The van der Waals surface area contributed by atoms with E-state index in [1.165, 1.54) is 19.3 Å². The van der Waals surface area contributed by atoms with Crippen LogP contribution in [0, 0.1) is 17.2 Å². The first-order valence-corrected chi connectivity index (χ1v) is 7.23. The van der Waals surface area contributed by atoms with Crippen LogP contribution in [0.25, 0.3) is 0 Å². The highest BCUT2D eigenvalue weighted by Crippen LogP contribution is 2.30. The third kappa shape index (κ3) is 2.95. The van der Waals surface area contributed by atoms with E-state index in [4.69, 9.17) is 0 Å². The number of nitriles is 1. The van der Waals surface area contributed by atoms with Gasteiger partial charge in [0.1, 0.15) is 6.07 Å². The molecule has 0 spiro atoms. The standard InChI is InChI=1S/C14H18N2S/c1-2-17-14-8-4-7-13(12(14)9-15)16-10-11-5-3-6-11/h4,7-8,11,16H,2-3,5-6,10H2,1H3. The third-order valence-electron chi connectivity index (χ3n) is 3.24. The van der Waals surface area contributed by atoms with Crippen molar-refractivity contribution in [1.82, 2.24) is 0 Å². The van der Waals surface area contributed by atoms with Crippen LogP contribution in [-0.4, -0.2) is 12.3 Å². The van der Waals surface area contributed by atoms with Gasteiger partial charge in [-0.15, -0.1) is 11.8 Å². The molecule has 90 valence electrons. The van der Waals surface area contributed by atoms with E-state index < -0.39 is 0 Å². The SMILES string of the molecule is CCSc1cccc(NCC2CCC2)c1C#N. The van der Waals surface area contributed by atoms with Crippen LogP contribution in [0.2, 0.25) is 0 Å². The first-order chi connectivity index (χ1) is 8.35. The van der Waals surface area contributed by atoms with Gasteiger partial charge in [-0.3, -0.25) is 0 Å². The molecule has 1 aliphatic rings. The summed E-state index contributed by atoms with van der Waals surface area (Å²) < 4.78 is 0. The molecule has 3 heteroatoms. The number of rotatable bonds is 5. The average molecular weight is 246 g/mol. The lowest BCUT2D eigenvalue weighted by molar-refractivity contribution is 0.333. The molecular weight excluding hydrogens is 228 g/mol. The summed E-state index contributed by atoms with van der Waals surface area (Å²) in [6, 6.07) is 8.39. The lowest BCUT2D eigenvalue weighted by Crippen LogP contribution is -2.21. The van der Waals surface area contributed by atoms with Gasteiger partial charge < -0.3 is 5.32 Å². The summed E-state index contributed by atoms with van der Waals surface area (Å²) in [6.45, 7) is 3.12. The predicted molar refractivity (Wildman–Crippen MR) is 73.4 cm³/mol. The van der Waals surface area contributed by atoms with Crippen LogP contribution in [0.15, 0.2) is 23.1 Å². The van der Waals surface area contributed by atoms with Crippen LogP contribution in [-0.2, 0) is 0 Å². The monoisotopic (exact) mass is 246 g/mol. The van der Waals surface area contributed by atoms with Gasteiger partial charge in [0.15, 0.2) is 0 Å². The number of benzene rings is 1. The molecule has 0 aromatic heterocycles. The first kappa shape index (κ1) is 12.3. The molecule has 2 nitrogen and oxygen atoms in total. The van der Waals surface area contributed by atoms with Gasteiger partial charge in [0, 0.05) is 11.4 Å². The van der Waals surface area contributed by atoms with Crippen LogP contribution >= 0.6 is 11.8 Å². The Kier molecular flexibility index (Phi) is 4.33. The molecular formula is C14H18N2S. The van der Waals surface area contributed by atoms with Crippen molar-refractivity contribution in [3.63, 3.8) is 0 Å². The third-order valence-corrected chi connectivity index (χ3v) is 4.18. The average Bonchev–Trinajstić information content (AvgIpc) is 2.28. The zero-order chi connectivity index (χ0) is 12.1. The maximum absolute atomic E-state index is 9.26. The van der Waals surface area contributed by atoms with E-state index in [1.807, 2.05) is 18.2 Å². The van der Waals surface area contributed by atoms with E-state index in [-0.39, 0.29) is 0 Å². The van der Waals surface area contributed by atoms with Gasteiger partial charge in [0.05, 0.1) is 11.3 Å². The fraction of sp³-hybridized carbons (Fsp3) is 0.500. The molecule has 1 saturated carbocycles. The Morgan fingerprint density at radius 3 is 2.88 bits per heavy atom. The molecule has 1 N–H and O–H groups in total. The number of nitrogens with one attached hydrogen (secondary N) is 1. The van der Waals surface area contributed by atoms with E-state index in [0.717, 1.165) is 34.4 Å². The van der Waals surface area contributed by atoms with Crippen LogP contribution in [0.5, 0.6) is 0 Å². The van der Waals surface area contributed by atoms with Crippen molar-refractivity contribution in [2.45, 2.75) is 31.1 Å². The maximum atomic E-state index is 9.26. The lowest BCUT2D eigenvalue weighted by atomic mass is 9.85. The zero-order valence-electron chi connectivity index (χ0n) is 10.2. The fourth-order valence-electron chi connectivity index (χ4n) is 2.02. The lowest BCUT2D eigenvalue weighted by Gasteiger charge is -2.26. The van der Waals surface area contributed by atoms with E-state index in [9.17, 15) is 5.26 Å². The molecule has 0 amide bonds. The number of hydrogen-bond donors (Lipinski definition) is 1. The topological polar surface area (TPSA) is 35.8 Å². The number of anilines is 1. The second-order valence-electron chi connectivity index (χ2n) is 4.40. The second kappa shape index (κ2) is 5.97. The summed E-state index contributed by atoms with van der Waals surface area (Å²) in [4.78, 5) is 1.09. The summed E-state index contributed by atoms with van der Waals surface area (Å²) in [6.07, 6.45) is 4.03. The van der Waals surface area contributed by atoms with E-state index in [2.05, 4.69) is 18.3 Å². The smallest absolute Gasteiger partial charge is 0.102 e. The fourth-order valence-corrected chi connectivity index (χ4v) is 2.81. The Hall–Kier alpha value is -1.14. The second-order valence-corrected chi connectivity index (χ2v) is 5.71. The summed E-state index contributed by atoms with van der Waals surface area (Å²) >= 11 is 1.73. The molecule has 0 aliphatic heterocycles. The van der Waals surface area contributed by atoms with Crippen molar-refractivity contribution in [2.75, 3.05) is 17.6 Å². The number of hydrogen-bond acceptors (Lipinski definition) is 3. The summed E-state index contributed by atoms with van der Waals surface area (Å²) in [7, 11) is 0. The van der Waals surface area contributed by atoms with Gasteiger partial charge in [-0.05, 0) is 36.6 Å². The minimum atomic E-state index is 0.804. The van der Waals surface area contributed by atoms with Crippen LogP contribution < -0.4 is 5.32 Å². The van der Waals surface area contributed by atoms with Crippen LogP contribution in [0.3, 0.4) is 0 Å². The van der Waals surface area contributed by atoms with Gasteiger partial charge >= 0.3 is 0 Å². The van der Waals surface area contributed by atoms with E-state index >= 15 is 0 Å². The van der Waals surface area contributed by atoms with Crippen molar-refractivity contribution >= 4 is 17.4 Å². The summed E-state index contributed by atoms with van der Waals surface area (Å²) in [5, 5.41) is 12.7. The molecule has 2 rings (SSSR count). The highest BCUT2D eigenvalue weighted by atomic mass is 32.2.